The summed E-state index contributed by atoms with van der Waals surface area (Å²) in [7, 11) is 3.76. The Morgan fingerprint density at radius 1 is 1.50 bits per heavy atom. The van der Waals surface area contributed by atoms with Gasteiger partial charge in [-0.2, -0.15) is 0 Å². The van der Waals surface area contributed by atoms with E-state index in [1.165, 1.54) is 11.1 Å². The average molecular weight is 247 g/mol. The second kappa shape index (κ2) is 5.98. The fraction of sp³-hybridized carbons (Fsp3) is 0.500. The van der Waals surface area contributed by atoms with Crippen molar-refractivity contribution >= 4 is 5.91 Å². The van der Waals surface area contributed by atoms with E-state index in [1.54, 1.807) is 7.05 Å². The van der Waals surface area contributed by atoms with Gasteiger partial charge in [-0.1, -0.05) is 24.3 Å². The van der Waals surface area contributed by atoms with Crippen molar-refractivity contribution in [1.82, 2.24) is 15.5 Å². The monoisotopic (exact) mass is 247 g/mol. The van der Waals surface area contributed by atoms with E-state index in [4.69, 9.17) is 0 Å². The molecule has 1 atom stereocenters. The lowest BCUT2D eigenvalue weighted by atomic mass is 9.96. The first kappa shape index (κ1) is 13.1. The summed E-state index contributed by atoms with van der Waals surface area (Å²) in [4.78, 5) is 13.5. The highest BCUT2D eigenvalue weighted by Gasteiger charge is 2.23. The zero-order chi connectivity index (χ0) is 13.0. The van der Waals surface area contributed by atoms with Gasteiger partial charge in [0.05, 0.1) is 0 Å². The van der Waals surface area contributed by atoms with E-state index >= 15 is 0 Å². The molecule has 1 unspecified atom stereocenters. The highest BCUT2D eigenvalue weighted by Crippen LogP contribution is 2.25. The molecule has 98 valence electrons. The summed E-state index contributed by atoms with van der Waals surface area (Å²) < 4.78 is 0. The van der Waals surface area contributed by atoms with Crippen LogP contribution in [0.2, 0.25) is 0 Å². The van der Waals surface area contributed by atoms with Gasteiger partial charge in [0, 0.05) is 39.1 Å². The van der Waals surface area contributed by atoms with Crippen LogP contribution in [0.4, 0.5) is 0 Å². The van der Waals surface area contributed by atoms with Crippen molar-refractivity contribution < 1.29 is 4.79 Å². The number of fused-ring (bicyclic) bond motifs is 1. The Morgan fingerprint density at radius 3 is 3.06 bits per heavy atom. The lowest BCUT2D eigenvalue weighted by Crippen LogP contribution is -2.39. The third kappa shape index (κ3) is 2.89. The Kier molecular flexibility index (Phi) is 4.33. The number of rotatable bonds is 4. The third-order valence-corrected chi connectivity index (χ3v) is 3.57. The van der Waals surface area contributed by atoms with Crippen LogP contribution in [-0.2, 0) is 11.3 Å². The number of benzene rings is 1. The SMILES string of the molecule is CNC(=O)CCN(C)C1CNCc2ccccc21. The molecule has 1 amide bonds. The molecule has 4 nitrogen and oxygen atoms in total. The molecule has 0 saturated carbocycles. The molecule has 1 heterocycles. The number of hydrogen-bond acceptors (Lipinski definition) is 3. The van der Waals surface area contributed by atoms with Gasteiger partial charge in [-0.3, -0.25) is 9.69 Å². The van der Waals surface area contributed by atoms with E-state index in [2.05, 4.69) is 46.8 Å². The van der Waals surface area contributed by atoms with E-state index in [-0.39, 0.29) is 5.91 Å². The van der Waals surface area contributed by atoms with Gasteiger partial charge in [-0.25, -0.2) is 0 Å². The number of hydrogen-bond donors (Lipinski definition) is 2. The second-order valence-electron chi connectivity index (χ2n) is 4.75. The Labute approximate surface area is 108 Å². The maximum atomic E-state index is 11.3. The minimum atomic E-state index is 0.0962. The maximum Gasteiger partial charge on any atom is 0.221 e. The van der Waals surface area contributed by atoms with Gasteiger partial charge in [0.1, 0.15) is 0 Å². The van der Waals surface area contributed by atoms with Crippen molar-refractivity contribution in [2.75, 3.05) is 27.2 Å². The average Bonchev–Trinajstić information content (AvgIpc) is 2.43. The zero-order valence-electron chi connectivity index (χ0n) is 11.1. The first-order valence-corrected chi connectivity index (χ1v) is 6.41. The van der Waals surface area contributed by atoms with Crippen LogP contribution < -0.4 is 10.6 Å². The van der Waals surface area contributed by atoms with Gasteiger partial charge in [0.15, 0.2) is 0 Å². The highest BCUT2D eigenvalue weighted by molar-refractivity contribution is 5.75. The minimum Gasteiger partial charge on any atom is -0.359 e. The van der Waals surface area contributed by atoms with Crippen molar-refractivity contribution in [2.24, 2.45) is 0 Å². The fourth-order valence-corrected chi connectivity index (χ4v) is 2.43. The summed E-state index contributed by atoms with van der Waals surface area (Å²) in [6, 6.07) is 8.88. The molecule has 1 aromatic carbocycles. The molecule has 1 aromatic rings. The molecular weight excluding hydrogens is 226 g/mol. The molecule has 2 N–H and O–H groups in total. The van der Waals surface area contributed by atoms with E-state index in [9.17, 15) is 4.79 Å². The van der Waals surface area contributed by atoms with Crippen LogP contribution in [0.3, 0.4) is 0 Å². The minimum absolute atomic E-state index is 0.0962. The van der Waals surface area contributed by atoms with Crippen molar-refractivity contribution in [3.8, 4) is 0 Å². The number of carbonyl (C=O) groups excluding carboxylic acids is 1. The fourth-order valence-electron chi connectivity index (χ4n) is 2.43. The number of likely N-dealkylation sites (N-methyl/N-ethyl adjacent to an activating group) is 1. The van der Waals surface area contributed by atoms with Crippen LogP contribution in [0, 0.1) is 0 Å². The van der Waals surface area contributed by atoms with Crippen LogP contribution in [0.1, 0.15) is 23.6 Å². The first-order chi connectivity index (χ1) is 8.72. The molecule has 0 spiro atoms. The van der Waals surface area contributed by atoms with Gasteiger partial charge in [-0.15, -0.1) is 0 Å². The maximum absolute atomic E-state index is 11.3. The summed E-state index contributed by atoms with van der Waals surface area (Å²) in [5.74, 6) is 0.0962. The molecule has 0 aromatic heterocycles. The molecule has 18 heavy (non-hydrogen) atoms. The molecule has 0 fully saturated rings. The Morgan fingerprint density at radius 2 is 2.28 bits per heavy atom. The molecule has 0 radical (unpaired) electrons. The summed E-state index contributed by atoms with van der Waals surface area (Å²) in [5.41, 5.74) is 2.75. The van der Waals surface area contributed by atoms with Crippen molar-refractivity contribution in [2.45, 2.75) is 19.0 Å². The van der Waals surface area contributed by atoms with Crippen molar-refractivity contribution in [3.05, 3.63) is 35.4 Å². The zero-order valence-corrected chi connectivity index (χ0v) is 11.1. The largest absolute Gasteiger partial charge is 0.359 e. The molecule has 2 rings (SSSR count). The van der Waals surface area contributed by atoms with Gasteiger partial charge in [0.2, 0.25) is 5.91 Å². The Hall–Kier alpha value is -1.39. The van der Waals surface area contributed by atoms with Gasteiger partial charge in [-0.05, 0) is 18.2 Å². The third-order valence-electron chi connectivity index (χ3n) is 3.57. The van der Waals surface area contributed by atoms with Crippen LogP contribution >= 0.6 is 0 Å². The quantitative estimate of drug-likeness (QED) is 0.831. The van der Waals surface area contributed by atoms with E-state index < -0.39 is 0 Å². The van der Waals surface area contributed by atoms with E-state index in [0.29, 0.717) is 12.5 Å². The summed E-state index contributed by atoms with van der Waals surface area (Å²) >= 11 is 0. The number of amides is 1. The summed E-state index contributed by atoms with van der Waals surface area (Å²) in [6.07, 6.45) is 0.547. The van der Waals surface area contributed by atoms with Crippen LogP contribution in [0.25, 0.3) is 0 Å². The molecular formula is C14H21N3O. The van der Waals surface area contributed by atoms with Crippen molar-refractivity contribution in [1.29, 1.82) is 0 Å². The van der Waals surface area contributed by atoms with E-state index in [0.717, 1.165) is 19.6 Å². The van der Waals surface area contributed by atoms with Crippen LogP contribution in [0.15, 0.2) is 24.3 Å². The smallest absolute Gasteiger partial charge is 0.221 e. The molecule has 0 saturated heterocycles. The molecule has 1 aliphatic rings. The van der Waals surface area contributed by atoms with Gasteiger partial charge in [0.25, 0.3) is 0 Å². The lowest BCUT2D eigenvalue weighted by molar-refractivity contribution is -0.121. The standard InChI is InChI=1S/C14H21N3O/c1-15-14(18)7-8-17(2)13-10-16-9-11-5-3-4-6-12(11)13/h3-6,13,16H,7-10H2,1-2H3,(H,15,18). The molecule has 4 heteroatoms. The highest BCUT2D eigenvalue weighted by atomic mass is 16.1. The molecule has 0 aliphatic carbocycles. The van der Waals surface area contributed by atoms with Gasteiger partial charge < -0.3 is 10.6 Å². The Balaban J connectivity index is 2.03. The lowest BCUT2D eigenvalue weighted by Gasteiger charge is -2.33. The normalized spacial score (nSPS) is 18.5. The topological polar surface area (TPSA) is 44.4 Å². The molecule has 0 bridgehead atoms. The van der Waals surface area contributed by atoms with Crippen LogP contribution in [-0.4, -0.2) is 38.0 Å². The second-order valence-corrected chi connectivity index (χ2v) is 4.75. The van der Waals surface area contributed by atoms with Gasteiger partial charge >= 0.3 is 0 Å². The predicted octanol–water partition coefficient (Wildman–Crippen LogP) is 0.899. The summed E-state index contributed by atoms with van der Waals surface area (Å²) in [6.45, 7) is 2.66. The number of nitrogens with one attached hydrogen (secondary N) is 2. The number of nitrogens with zero attached hydrogens (tertiary/aromatic N) is 1. The van der Waals surface area contributed by atoms with Crippen LogP contribution in [0.5, 0.6) is 0 Å². The van der Waals surface area contributed by atoms with Crippen molar-refractivity contribution in [3.63, 3.8) is 0 Å². The first-order valence-electron chi connectivity index (χ1n) is 6.41. The number of carbonyl (C=O) groups is 1. The van der Waals surface area contributed by atoms with E-state index in [1.807, 2.05) is 0 Å². The summed E-state index contributed by atoms with van der Waals surface area (Å²) in [5, 5.41) is 6.09. The predicted molar refractivity (Wildman–Crippen MR) is 72.2 cm³/mol. The molecule has 1 aliphatic heterocycles. The Bertz CT molecular complexity index is 419.